The molecule has 1 aromatic carbocycles. The predicted octanol–water partition coefficient (Wildman–Crippen LogP) is 3.51. The van der Waals surface area contributed by atoms with Crippen LogP contribution in [0.25, 0.3) is 0 Å². The van der Waals surface area contributed by atoms with E-state index in [1.807, 2.05) is 0 Å². The van der Waals surface area contributed by atoms with Gasteiger partial charge in [-0.1, -0.05) is 30.9 Å². The molecule has 1 aromatic rings. The SMILES string of the molecule is OCC1(CNCc2cc(F)ccc2Cl)CCCCC1. The minimum atomic E-state index is -0.268. The summed E-state index contributed by atoms with van der Waals surface area (Å²) in [7, 11) is 0. The van der Waals surface area contributed by atoms with E-state index < -0.39 is 0 Å². The van der Waals surface area contributed by atoms with Crippen molar-refractivity contribution in [3.63, 3.8) is 0 Å². The van der Waals surface area contributed by atoms with Crippen molar-refractivity contribution in [1.82, 2.24) is 5.32 Å². The van der Waals surface area contributed by atoms with E-state index in [1.165, 1.54) is 31.4 Å². The third kappa shape index (κ3) is 3.91. The molecule has 0 unspecified atom stereocenters. The summed E-state index contributed by atoms with van der Waals surface area (Å²) < 4.78 is 13.1. The van der Waals surface area contributed by atoms with E-state index in [-0.39, 0.29) is 17.8 Å². The Kier molecular flexibility index (Phi) is 5.20. The van der Waals surface area contributed by atoms with Crippen LogP contribution in [0.4, 0.5) is 4.39 Å². The fourth-order valence-corrected chi connectivity index (χ4v) is 3.02. The Morgan fingerprint density at radius 2 is 2.00 bits per heavy atom. The lowest BCUT2D eigenvalue weighted by Crippen LogP contribution is -2.38. The summed E-state index contributed by atoms with van der Waals surface area (Å²) in [5.74, 6) is -0.268. The summed E-state index contributed by atoms with van der Waals surface area (Å²) in [6.45, 7) is 1.52. The first-order chi connectivity index (χ1) is 9.15. The zero-order valence-electron chi connectivity index (χ0n) is 11.1. The maximum Gasteiger partial charge on any atom is 0.123 e. The summed E-state index contributed by atoms with van der Waals surface area (Å²) in [5.41, 5.74) is 0.767. The molecule has 1 fully saturated rings. The van der Waals surface area contributed by atoms with Gasteiger partial charge in [-0.3, -0.25) is 0 Å². The topological polar surface area (TPSA) is 32.3 Å². The molecule has 0 bridgehead atoms. The Balaban J connectivity index is 1.90. The van der Waals surface area contributed by atoms with Gasteiger partial charge in [-0.05, 0) is 36.6 Å². The molecule has 0 aromatic heterocycles. The molecule has 0 aliphatic heterocycles. The molecule has 1 aliphatic carbocycles. The average molecular weight is 286 g/mol. The van der Waals surface area contributed by atoms with Crippen LogP contribution >= 0.6 is 11.6 Å². The van der Waals surface area contributed by atoms with E-state index in [2.05, 4.69) is 5.32 Å². The molecule has 2 nitrogen and oxygen atoms in total. The van der Waals surface area contributed by atoms with Crippen molar-refractivity contribution in [1.29, 1.82) is 0 Å². The summed E-state index contributed by atoms with van der Waals surface area (Å²) in [4.78, 5) is 0. The quantitative estimate of drug-likeness (QED) is 0.868. The summed E-state index contributed by atoms with van der Waals surface area (Å²) >= 11 is 6.03. The molecule has 106 valence electrons. The molecule has 0 spiro atoms. The molecule has 0 heterocycles. The highest BCUT2D eigenvalue weighted by Gasteiger charge is 2.30. The molecule has 2 rings (SSSR count). The van der Waals surface area contributed by atoms with Crippen molar-refractivity contribution < 1.29 is 9.50 Å². The Labute approximate surface area is 119 Å². The van der Waals surface area contributed by atoms with E-state index in [0.717, 1.165) is 24.9 Å². The molecular weight excluding hydrogens is 265 g/mol. The van der Waals surface area contributed by atoms with Gasteiger partial charge in [0, 0.05) is 30.1 Å². The van der Waals surface area contributed by atoms with E-state index in [4.69, 9.17) is 11.6 Å². The smallest absolute Gasteiger partial charge is 0.123 e. The Hall–Kier alpha value is -0.640. The van der Waals surface area contributed by atoms with Crippen LogP contribution in [-0.4, -0.2) is 18.3 Å². The zero-order chi connectivity index (χ0) is 13.7. The maximum atomic E-state index is 13.1. The highest BCUT2D eigenvalue weighted by Crippen LogP contribution is 2.35. The minimum Gasteiger partial charge on any atom is -0.396 e. The van der Waals surface area contributed by atoms with E-state index in [0.29, 0.717) is 11.6 Å². The molecule has 0 amide bonds. The minimum absolute atomic E-state index is 0.00193. The molecule has 2 N–H and O–H groups in total. The molecule has 1 saturated carbocycles. The van der Waals surface area contributed by atoms with E-state index in [1.54, 1.807) is 6.07 Å². The molecule has 4 heteroatoms. The Morgan fingerprint density at radius 1 is 1.26 bits per heavy atom. The van der Waals surface area contributed by atoms with Gasteiger partial charge in [0.25, 0.3) is 0 Å². The van der Waals surface area contributed by atoms with Crippen LogP contribution in [-0.2, 0) is 6.54 Å². The van der Waals surface area contributed by atoms with Crippen molar-refractivity contribution in [2.45, 2.75) is 38.6 Å². The van der Waals surface area contributed by atoms with Crippen LogP contribution in [0, 0.1) is 11.2 Å². The number of aliphatic hydroxyl groups is 1. The number of rotatable bonds is 5. The normalized spacial score (nSPS) is 18.5. The first-order valence-corrected chi connectivity index (χ1v) is 7.29. The van der Waals surface area contributed by atoms with Gasteiger partial charge >= 0.3 is 0 Å². The lowest BCUT2D eigenvalue weighted by Gasteiger charge is -2.35. The summed E-state index contributed by atoms with van der Waals surface area (Å²) in [6.07, 6.45) is 5.75. The largest absolute Gasteiger partial charge is 0.396 e. The van der Waals surface area contributed by atoms with Crippen molar-refractivity contribution in [2.24, 2.45) is 5.41 Å². The highest BCUT2D eigenvalue weighted by atomic mass is 35.5. The number of aliphatic hydroxyl groups excluding tert-OH is 1. The zero-order valence-corrected chi connectivity index (χ0v) is 11.8. The molecule has 1 aliphatic rings. The fourth-order valence-electron chi connectivity index (χ4n) is 2.83. The molecule has 0 radical (unpaired) electrons. The van der Waals surface area contributed by atoms with Crippen LogP contribution in [0.5, 0.6) is 0 Å². The number of halogens is 2. The van der Waals surface area contributed by atoms with E-state index in [9.17, 15) is 9.50 Å². The van der Waals surface area contributed by atoms with Crippen LogP contribution in [0.2, 0.25) is 5.02 Å². The number of hydrogen-bond donors (Lipinski definition) is 2. The van der Waals surface area contributed by atoms with Crippen LogP contribution in [0.1, 0.15) is 37.7 Å². The Bertz CT molecular complexity index is 419. The Morgan fingerprint density at radius 3 is 2.68 bits per heavy atom. The van der Waals surface area contributed by atoms with Crippen LogP contribution < -0.4 is 5.32 Å². The van der Waals surface area contributed by atoms with Crippen molar-refractivity contribution in [3.05, 3.63) is 34.6 Å². The van der Waals surface area contributed by atoms with Crippen molar-refractivity contribution in [2.75, 3.05) is 13.2 Å². The lowest BCUT2D eigenvalue weighted by molar-refractivity contribution is 0.0810. The number of hydrogen-bond acceptors (Lipinski definition) is 2. The number of benzene rings is 1. The van der Waals surface area contributed by atoms with Crippen molar-refractivity contribution in [3.8, 4) is 0 Å². The highest BCUT2D eigenvalue weighted by molar-refractivity contribution is 6.31. The van der Waals surface area contributed by atoms with Gasteiger partial charge in [-0.25, -0.2) is 4.39 Å². The fraction of sp³-hybridized carbons (Fsp3) is 0.600. The van der Waals surface area contributed by atoms with Gasteiger partial charge in [0.2, 0.25) is 0 Å². The second kappa shape index (κ2) is 6.69. The van der Waals surface area contributed by atoms with Crippen molar-refractivity contribution >= 4 is 11.6 Å². The third-order valence-corrected chi connectivity index (χ3v) is 4.44. The van der Waals surface area contributed by atoms with Gasteiger partial charge in [0.15, 0.2) is 0 Å². The molecule has 19 heavy (non-hydrogen) atoms. The monoisotopic (exact) mass is 285 g/mol. The van der Waals surface area contributed by atoms with Gasteiger partial charge in [0.1, 0.15) is 5.82 Å². The third-order valence-electron chi connectivity index (χ3n) is 4.07. The first-order valence-electron chi connectivity index (χ1n) is 6.91. The molecular formula is C15H21ClFNO. The molecule has 0 atom stereocenters. The maximum absolute atomic E-state index is 13.1. The second-order valence-electron chi connectivity index (χ2n) is 5.56. The number of nitrogens with one attached hydrogen (secondary N) is 1. The van der Waals surface area contributed by atoms with Crippen LogP contribution in [0.3, 0.4) is 0 Å². The van der Waals surface area contributed by atoms with Gasteiger partial charge < -0.3 is 10.4 Å². The second-order valence-corrected chi connectivity index (χ2v) is 5.97. The predicted molar refractivity (Wildman–Crippen MR) is 75.7 cm³/mol. The van der Waals surface area contributed by atoms with Gasteiger partial charge in [-0.15, -0.1) is 0 Å². The van der Waals surface area contributed by atoms with E-state index >= 15 is 0 Å². The van der Waals surface area contributed by atoms with Gasteiger partial charge in [-0.2, -0.15) is 0 Å². The first kappa shape index (κ1) is 14.8. The summed E-state index contributed by atoms with van der Waals surface area (Å²) in [5, 5.41) is 13.5. The lowest BCUT2D eigenvalue weighted by atomic mass is 9.74. The standard InChI is InChI=1S/C15H21ClFNO/c16-14-5-4-13(17)8-12(14)9-18-10-15(11-19)6-2-1-3-7-15/h4-5,8,18-19H,1-3,6-7,9-11H2. The average Bonchev–Trinajstić information content (AvgIpc) is 2.44. The molecule has 0 saturated heterocycles. The summed E-state index contributed by atoms with van der Waals surface area (Å²) in [6, 6.07) is 4.40. The van der Waals surface area contributed by atoms with Gasteiger partial charge in [0.05, 0.1) is 0 Å². The van der Waals surface area contributed by atoms with Crippen LogP contribution in [0.15, 0.2) is 18.2 Å².